The van der Waals surface area contributed by atoms with Gasteiger partial charge in [0.25, 0.3) is 5.91 Å². The summed E-state index contributed by atoms with van der Waals surface area (Å²) < 4.78 is 5.82. The molecule has 1 aromatic heterocycles. The van der Waals surface area contributed by atoms with Crippen LogP contribution in [0.2, 0.25) is 0 Å². The SMILES string of the molecule is CN(C(=N)N)C(=O)c1cc2ccc(OCCCc3ccccc3)cc2[nH]1. The van der Waals surface area contributed by atoms with Crippen LogP contribution in [0.15, 0.2) is 54.6 Å². The zero-order chi connectivity index (χ0) is 18.5. The Morgan fingerprint density at radius 2 is 1.96 bits per heavy atom. The molecule has 0 atom stereocenters. The van der Waals surface area contributed by atoms with Crippen LogP contribution < -0.4 is 10.5 Å². The summed E-state index contributed by atoms with van der Waals surface area (Å²) >= 11 is 0. The van der Waals surface area contributed by atoms with E-state index >= 15 is 0 Å². The van der Waals surface area contributed by atoms with Crippen molar-refractivity contribution in [3.8, 4) is 5.75 Å². The number of ether oxygens (including phenoxy) is 1. The Balaban J connectivity index is 1.62. The van der Waals surface area contributed by atoms with Crippen molar-refractivity contribution in [1.29, 1.82) is 5.41 Å². The Hall–Kier alpha value is -3.28. The molecule has 0 aliphatic carbocycles. The molecule has 0 radical (unpaired) electrons. The smallest absolute Gasteiger partial charge is 0.276 e. The molecule has 0 aliphatic rings. The largest absolute Gasteiger partial charge is 0.494 e. The van der Waals surface area contributed by atoms with E-state index in [1.165, 1.54) is 12.6 Å². The predicted octanol–water partition coefficient (Wildman–Crippen LogP) is 3.14. The number of aryl methyl sites for hydroxylation is 1. The summed E-state index contributed by atoms with van der Waals surface area (Å²) in [6, 6.07) is 17.7. The van der Waals surface area contributed by atoms with Gasteiger partial charge in [0.05, 0.1) is 6.61 Å². The number of hydrogen-bond acceptors (Lipinski definition) is 3. The monoisotopic (exact) mass is 350 g/mol. The lowest BCUT2D eigenvalue weighted by Crippen LogP contribution is -2.38. The Kier molecular flexibility index (Phi) is 5.22. The van der Waals surface area contributed by atoms with Crippen LogP contribution in [0.5, 0.6) is 5.75 Å². The van der Waals surface area contributed by atoms with Crippen molar-refractivity contribution in [3.05, 3.63) is 65.9 Å². The standard InChI is InChI=1S/C20H22N4O2/c1-24(20(21)22)19(25)18-12-15-9-10-16(13-17(15)23-18)26-11-5-8-14-6-3-2-4-7-14/h2-4,6-7,9-10,12-13,23H,5,8,11H2,1H3,(H3,21,22). The second-order valence-corrected chi connectivity index (χ2v) is 6.12. The first-order valence-electron chi connectivity index (χ1n) is 8.46. The van der Waals surface area contributed by atoms with Crippen molar-refractivity contribution in [3.63, 3.8) is 0 Å². The van der Waals surface area contributed by atoms with Crippen LogP contribution in [0.25, 0.3) is 10.9 Å². The van der Waals surface area contributed by atoms with E-state index in [2.05, 4.69) is 17.1 Å². The Labute approximate surface area is 152 Å². The number of nitrogens with two attached hydrogens (primary N) is 1. The predicted molar refractivity (Wildman–Crippen MR) is 103 cm³/mol. The first-order chi connectivity index (χ1) is 12.5. The van der Waals surface area contributed by atoms with Crippen LogP contribution >= 0.6 is 0 Å². The number of aromatic nitrogens is 1. The number of nitrogens with zero attached hydrogens (tertiary/aromatic N) is 1. The number of benzene rings is 2. The third-order valence-electron chi connectivity index (χ3n) is 4.21. The normalized spacial score (nSPS) is 10.7. The summed E-state index contributed by atoms with van der Waals surface area (Å²) in [5, 5.41) is 8.26. The van der Waals surface area contributed by atoms with Crippen molar-refractivity contribution in [2.45, 2.75) is 12.8 Å². The van der Waals surface area contributed by atoms with Gasteiger partial charge in [0.1, 0.15) is 11.4 Å². The van der Waals surface area contributed by atoms with Crippen molar-refractivity contribution >= 4 is 22.8 Å². The zero-order valence-corrected chi connectivity index (χ0v) is 14.7. The van der Waals surface area contributed by atoms with E-state index in [0.29, 0.717) is 12.3 Å². The lowest BCUT2D eigenvalue weighted by Gasteiger charge is -2.12. The average molecular weight is 350 g/mol. The molecule has 0 unspecified atom stereocenters. The number of hydrogen-bond donors (Lipinski definition) is 3. The number of rotatable bonds is 6. The average Bonchev–Trinajstić information content (AvgIpc) is 3.08. The second-order valence-electron chi connectivity index (χ2n) is 6.12. The minimum atomic E-state index is -0.348. The van der Waals surface area contributed by atoms with Crippen LogP contribution in [-0.2, 0) is 6.42 Å². The Bertz CT molecular complexity index is 918. The second kappa shape index (κ2) is 7.74. The minimum Gasteiger partial charge on any atom is -0.494 e. The van der Waals surface area contributed by atoms with Crippen molar-refractivity contribution in [2.24, 2.45) is 5.73 Å². The third-order valence-corrected chi connectivity index (χ3v) is 4.21. The zero-order valence-electron chi connectivity index (χ0n) is 14.7. The number of amides is 1. The molecule has 3 rings (SSSR count). The maximum atomic E-state index is 12.2. The first kappa shape index (κ1) is 17.5. The summed E-state index contributed by atoms with van der Waals surface area (Å²) in [5.74, 6) is 0.112. The molecular weight excluding hydrogens is 328 g/mol. The van der Waals surface area contributed by atoms with E-state index < -0.39 is 0 Å². The van der Waals surface area contributed by atoms with Gasteiger partial charge < -0.3 is 15.5 Å². The summed E-state index contributed by atoms with van der Waals surface area (Å²) in [6.07, 6.45) is 1.90. The molecule has 0 saturated carbocycles. The van der Waals surface area contributed by atoms with E-state index in [4.69, 9.17) is 15.9 Å². The quantitative estimate of drug-likeness (QED) is 0.362. The maximum absolute atomic E-state index is 12.2. The number of aromatic amines is 1. The molecule has 6 nitrogen and oxygen atoms in total. The van der Waals surface area contributed by atoms with Gasteiger partial charge in [-0.2, -0.15) is 0 Å². The molecule has 0 spiro atoms. The fraction of sp³-hybridized carbons (Fsp3) is 0.200. The Morgan fingerprint density at radius 1 is 1.19 bits per heavy atom. The van der Waals surface area contributed by atoms with Gasteiger partial charge >= 0.3 is 0 Å². The molecule has 6 heteroatoms. The lowest BCUT2D eigenvalue weighted by atomic mass is 10.1. The maximum Gasteiger partial charge on any atom is 0.276 e. The molecule has 4 N–H and O–H groups in total. The van der Waals surface area contributed by atoms with Crippen molar-refractivity contribution in [2.75, 3.05) is 13.7 Å². The van der Waals surface area contributed by atoms with Gasteiger partial charge in [-0.25, -0.2) is 0 Å². The number of carbonyl (C=O) groups excluding carboxylic acids is 1. The molecule has 3 aromatic rings. The number of H-pyrrole nitrogens is 1. The van der Waals surface area contributed by atoms with E-state index in [1.54, 1.807) is 6.07 Å². The van der Waals surface area contributed by atoms with E-state index in [9.17, 15) is 4.79 Å². The molecule has 0 saturated heterocycles. The Morgan fingerprint density at radius 3 is 2.69 bits per heavy atom. The summed E-state index contributed by atoms with van der Waals surface area (Å²) in [4.78, 5) is 16.4. The van der Waals surface area contributed by atoms with E-state index in [0.717, 1.165) is 34.4 Å². The minimum absolute atomic E-state index is 0.295. The molecular formula is C20H22N4O2. The highest BCUT2D eigenvalue weighted by Gasteiger charge is 2.16. The van der Waals surface area contributed by atoms with Crippen molar-refractivity contribution in [1.82, 2.24) is 9.88 Å². The number of fused-ring (bicyclic) bond motifs is 1. The highest BCUT2D eigenvalue weighted by molar-refractivity contribution is 6.05. The molecule has 1 amide bonds. The molecule has 0 bridgehead atoms. The topological polar surface area (TPSA) is 95.2 Å². The summed E-state index contributed by atoms with van der Waals surface area (Å²) in [6.45, 7) is 0.625. The highest BCUT2D eigenvalue weighted by atomic mass is 16.5. The number of carbonyl (C=O) groups is 1. The molecule has 134 valence electrons. The van der Waals surface area contributed by atoms with Crippen LogP contribution in [-0.4, -0.2) is 35.4 Å². The molecule has 1 heterocycles. The molecule has 0 aliphatic heterocycles. The van der Waals surface area contributed by atoms with Gasteiger partial charge in [-0.1, -0.05) is 30.3 Å². The molecule has 0 fully saturated rings. The number of nitrogens with one attached hydrogen (secondary N) is 2. The van der Waals surface area contributed by atoms with Gasteiger partial charge in [-0.3, -0.25) is 15.1 Å². The third kappa shape index (κ3) is 4.03. The molecule has 2 aromatic carbocycles. The lowest BCUT2D eigenvalue weighted by molar-refractivity contribution is 0.0864. The van der Waals surface area contributed by atoms with Gasteiger partial charge in [-0.05, 0) is 36.6 Å². The molecule has 26 heavy (non-hydrogen) atoms. The van der Waals surface area contributed by atoms with Gasteiger partial charge in [0.2, 0.25) is 0 Å². The van der Waals surface area contributed by atoms with Crippen LogP contribution in [0.4, 0.5) is 0 Å². The summed E-state index contributed by atoms with van der Waals surface area (Å²) in [7, 11) is 1.47. The fourth-order valence-corrected chi connectivity index (χ4v) is 2.71. The number of guanidine groups is 1. The van der Waals surface area contributed by atoms with Gasteiger partial charge in [0, 0.05) is 24.0 Å². The van der Waals surface area contributed by atoms with Crippen molar-refractivity contribution < 1.29 is 9.53 Å². The van der Waals surface area contributed by atoms with Crippen LogP contribution in [0.3, 0.4) is 0 Å². The van der Waals surface area contributed by atoms with E-state index in [1.807, 2.05) is 36.4 Å². The van der Waals surface area contributed by atoms with E-state index in [-0.39, 0.29) is 11.9 Å². The highest BCUT2D eigenvalue weighted by Crippen LogP contribution is 2.22. The van der Waals surface area contributed by atoms with Gasteiger partial charge in [-0.15, -0.1) is 0 Å². The van der Waals surface area contributed by atoms with Crippen LogP contribution in [0, 0.1) is 5.41 Å². The van der Waals surface area contributed by atoms with Crippen LogP contribution in [0.1, 0.15) is 22.5 Å². The van der Waals surface area contributed by atoms with Gasteiger partial charge in [0.15, 0.2) is 5.96 Å². The summed E-state index contributed by atoms with van der Waals surface area (Å²) in [5.41, 5.74) is 7.86. The first-order valence-corrected chi connectivity index (χ1v) is 8.46. The fourth-order valence-electron chi connectivity index (χ4n) is 2.71.